The van der Waals surface area contributed by atoms with E-state index in [9.17, 15) is 25.0 Å². The maximum absolute atomic E-state index is 12.0. The zero-order valence-corrected chi connectivity index (χ0v) is 12.6. The van der Waals surface area contributed by atoms with E-state index in [-0.39, 0.29) is 27.2 Å². The second kappa shape index (κ2) is 5.74. The molecule has 3 rings (SSSR count). The van der Waals surface area contributed by atoms with E-state index in [4.69, 9.17) is 11.6 Å². The molecule has 0 unspecified atom stereocenters. The molecule has 3 aromatic rings. The summed E-state index contributed by atoms with van der Waals surface area (Å²) in [5.74, 6) is 0. The van der Waals surface area contributed by atoms with Gasteiger partial charge in [0.15, 0.2) is 5.43 Å². The minimum absolute atomic E-state index is 0.0715. The van der Waals surface area contributed by atoms with Crippen molar-refractivity contribution >= 4 is 33.9 Å². The molecule has 9 heteroatoms. The normalized spacial score (nSPS) is 10.7. The molecule has 0 saturated carbocycles. The molecule has 120 valence electrons. The Morgan fingerprint density at radius 2 is 1.62 bits per heavy atom. The van der Waals surface area contributed by atoms with Crippen LogP contribution in [0, 0.1) is 20.2 Å². The molecule has 0 aliphatic carbocycles. The molecule has 0 fully saturated rings. The fourth-order valence-electron chi connectivity index (χ4n) is 2.36. The lowest BCUT2D eigenvalue weighted by molar-refractivity contribution is -0.384. The van der Waals surface area contributed by atoms with Gasteiger partial charge in [-0.05, 0) is 18.2 Å². The first-order chi connectivity index (χ1) is 11.4. The molecule has 0 radical (unpaired) electrons. The molecule has 0 N–H and O–H groups in total. The first-order valence-electron chi connectivity index (χ1n) is 6.62. The summed E-state index contributed by atoms with van der Waals surface area (Å²) >= 11 is 5.93. The lowest BCUT2D eigenvalue weighted by Crippen LogP contribution is -2.07. The zero-order chi connectivity index (χ0) is 17.4. The Morgan fingerprint density at radius 1 is 0.958 bits per heavy atom. The van der Waals surface area contributed by atoms with Crippen molar-refractivity contribution in [3.8, 4) is 5.69 Å². The van der Waals surface area contributed by atoms with Crippen LogP contribution in [0.15, 0.2) is 53.5 Å². The number of hydrogen-bond acceptors (Lipinski definition) is 5. The lowest BCUT2D eigenvalue weighted by atomic mass is 10.1. The Labute approximate surface area is 138 Å². The fraction of sp³-hybridized carbons (Fsp3) is 0. The van der Waals surface area contributed by atoms with Crippen molar-refractivity contribution in [1.29, 1.82) is 0 Å². The minimum atomic E-state index is -0.662. The van der Waals surface area contributed by atoms with Gasteiger partial charge in [0.05, 0.1) is 20.7 Å². The summed E-state index contributed by atoms with van der Waals surface area (Å²) in [5.41, 5.74) is 0.103. The molecule has 1 heterocycles. The van der Waals surface area contributed by atoms with E-state index in [0.29, 0.717) is 11.2 Å². The molecule has 0 aliphatic heterocycles. The number of non-ortho nitro benzene ring substituents is 1. The van der Waals surface area contributed by atoms with Gasteiger partial charge in [-0.1, -0.05) is 11.6 Å². The summed E-state index contributed by atoms with van der Waals surface area (Å²) in [4.78, 5) is 32.6. The van der Waals surface area contributed by atoms with Crippen LogP contribution in [0.25, 0.3) is 16.6 Å². The Kier molecular flexibility index (Phi) is 3.74. The van der Waals surface area contributed by atoms with Crippen LogP contribution in [0.4, 0.5) is 11.4 Å². The van der Waals surface area contributed by atoms with E-state index in [1.54, 1.807) is 4.57 Å². The van der Waals surface area contributed by atoms with Crippen molar-refractivity contribution in [2.45, 2.75) is 0 Å². The summed E-state index contributed by atoms with van der Waals surface area (Å²) in [5, 5.41) is 21.7. The van der Waals surface area contributed by atoms with E-state index in [1.165, 1.54) is 42.6 Å². The topological polar surface area (TPSA) is 108 Å². The van der Waals surface area contributed by atoms with E-state index in [0.717, 1.165) is 6.07 Å². The molecule has 1 aromatic heterocycles. The first-order valence-corrected chi connectivity index (χ1v) is 7.00. The van der Waals surface area contributed by atoms with Gasteiger partial charge in [-0.2, -0.15) is 0 Å². The summed E-state index contributed by atoms with van der Waals surface area (Å²) in [6.45, 7) is 0. The van der Waals surface area contributed by atoms with Crippen LogP contribution in [0.5, 0.6) is 0 Å². The van der Waals surface area contributed by atoms with Gasteiger partial charge in [-0.25, -0.2) is 0 Å². The first kappa shape index (κ1) is 15.6. The van der Waals surface area contributed by atoms with Crippen LogP contribution in [-0.2, 0) is 0 Å². The van der Waals surface area contributed by atoms with E-state index in [2.05, 4.69) is 0 Å². The quantitative estimate of drug-likeness (QED) is 0.533. The summed E-state index contributed by atoms with van der Waals surface area (Å²) in [6.07, 6.45) is 1.48. The van der Waals surface area contributed by atoms with Gasteiger partial charge < -0.3 is 4.57 Å². The fourth-order valence-corrected chi connectivity index (χ4v) is 2.59. The molecule has 0 bridgehead atoms. The van der Waals surface area contributed by atoms with Gasteiger partial charge in [0, 0.05) is 36.1 Å². The van der Waals surface area contributed by atoms with Crippen LogP contribution in [0.2, 0.25) is 5.02 Å². The molecular weight excluding hydrogens is 338 g/mol. The van der Waals surface area contributed by atoms with Gasteiger partial charge in [-0.15, -0.1) is 0 Å². The van der Waals surface area contributed by atoms with Crippen molar-refractivity contribution in [1.82, 2.24) is 4.57 Å². The molecule has 8 nitrogen and oxygen atoms in total. The summed E-state index contributed by atoms with van der Waals surface area (Å²) in [6, 6.07) is 9.40. The zero-order valence-electron chi connectivity index (χ0n) is 11.9. The molecule has 2 aromatic carbocycles. The molecule has 0 aliphatic rings. The largest absolute Gasteiger partial charge is 0.316 e. The molecule has 24 heavy (non-hydrogen) atoms. The number of halogens is 1. The van der Waals surface area contributed by atoms with Gasteiger partial charge in [-0.3, -0.25) is 25.0 Å². The molecule has 0 spiro atoms. The number of benzene rings is 2. The molecule has 0 atom stereocenters. The number of nitro groups is 2. The Balaban J connectivity index is 2.27. The molecular formula is C15H8ClN3O5. The highest BCUT2D eigenvalue weighted by Crippen LogP contribution is 2.29. The van der Waals surface area contributed by atoms with E-state index >= 15 is 0 Å². The Morgan fingerprint density at radius 3 is 2.21 bits per heavy atom. The van der Waals surface area contributed by atoms with Crippen LogP contribution in [0.1, 0.15) is 0 Å². The maximum Gasteiger partial charge on any atom is 0.288 e. The predicted octanol–water partition coefficient (Wildman–Crippen LogP) is 3.46. The second-order valence-corrected chi connectivity index (χ2v) is 5.31. The standard InChI is InChI=1S/C15H8ClN3O5/c16-12-8-13-11(7-14(12)19(23)24)15(20)5-6-17(13)9-1-3-10(4-2-9)18(21)22/h1-8H. The van der Waals surface area contributed by atoms with Crippen molar-refractivity contribution in [3.05, 3.63) is 84.1 Å². The highest BCUT2D eigenvalue weighted by molar-refractivity contribution is 6.33. The van der Waals surface area contributed by atoms with Crippen molar-refractivity contribution in [2.75, 3.05) is 0 Å². The van der Waals surface area contributed by atoms with E-state index in [1.807, 2.05) is 0 Å². The predicted molar refractivity (Wildman–Crippen MR) is 87.9 cm³/mol. The number of nitrogens with zero attached hydrogens (tertiary/aromatic N) is 3. The number of rotatable bonds is 3. The van der Waals surface area contributed by atoms with Crippen LogP contribution in [-0.4, -0.2) is 14.4 Å². The van der Waals surface area contributed by atoms with Gasteiger partial charge in [0.1, 0.15) is 5.02 Å². The van der Waals surface area contributed by atoms with Crippen molar-refractivity contribution < 1.29 is 9.85 Å². The number of nitro benzene ring substituents is 2. The number of aromatic nitrogens is 1. The lowest BCUT2D eigenvalue weighted by Gasteiger charge is -2.11. The third-order valence-corrected chi connectivity index (χ3v) is 3.80. The average Bonchev–Trinajstić information content (AvgIpc) is 2.54. The number of pyridine rings is 1. The SMILES string of the molecule is O=c1ccn(-c2ccc([N+](=O)[O-])cc2)c2cc(Cl)c([N+](=O)[O-])cc12. The molecule has 0 saturated heterocycles. The van der Waals surface area contributed by atoms with Crippen LogP contribution in [0.3, 0.4) is 0 Å². The Bertz CT molecular complexity index is 1040. The third kappa shape index (κ3) is 2.59. The third-order valence-electron chi connectivity index (χ3n) is 3.50. The van der Waals surface area contributed by atoms with Gasteiger partial charge >= 0.3 is 0 Å². The summed E-state index contributed by atoms with van der Waals surface area (Å²) < 4.78 is 1.58. The number of hydrogen-bond donors (Lipinski definition) is 0. The van der Waals surface area contributed by atoms with Gasteiger partial charge in [0.25, 0.3) is 11.4 Å². The highest BCUT2D eigenvalue weighted by atomic mass is 35.5. The monoisotopic (exact) mass is 345 g/mol. The Hall–Kier alpha value is -3.26. The smallest absolute Gasteiger partial charge is 0.288 e. The van der Waals surface area contributed by atoms with Crippen LogP contribution >= 0.6 is 11.6 Å². The maximum atomic E-state index is 12.0. The summed E-state index contributed by atoms with van der Waals surface area (Å²) in [7, 11) is 0. The molecule has 0 amide bonds. The number of fused-ring (bicyclic) bond motifs is 1. The van der Waals surface area contributed by atoms with Crippen molar-refractivity contribution in [3.63, 3.8) is 0 Å². The van der Waals surface area contributed by atoms with Crippen molar-refractivity contribution in [2.24, 2.45) is 0 Å². The average molecular weight is 346 g/mol. The minimum Gasteiger partial charge on any atom is -0.316 e. The highest BCUT2D eigenvalue weighted by Gasteiger charge is 2.17. The van der Waals surface area contributed by atoms with E-state index < -0.39 is 9.85 Å². The van der Waals surface area contributed by atoms with Gasteiger partial charge in [0.2, 0.25) is 0 Å². The second-order valence-electron chi connectivity index (χ2n) is 4.90. The van der Waals surface area contributed by atoms with Crippen LogP contribution < -0.4 is 5.43 Å².